The Balaban J connectivity index is 1.67. The van der Waals surface area contributed by atoms with Crippen LogP contribution in [0.4, 0.5) is 5.00 Å². The van der Waals surface area contributed by atoms with E-state index in [1.54, 1.807) is 12.1 Å². The molecule has 0 fully saturated rings. The molecule has 2 aromatic rings. The highest BCUT2D eigenvalue weighted by atomic mass is 32.2. The molecule has 2 amide bonds. The maximum absolute atomic E-state index is 12.3. The maximum Gasteiger partial charge on any atom is 0.339 e. The summed E-state index contributed by atoms with van der Waals surface area (Å²) in [6.45, 7) is -0.428. The summed E-state index contributed by atoms with van der Waals surface area (Å²) in [4.78, 5) is 38.2. The average Bonchev–Trinajstić information content (AvgIpc) is 3.03. The zero-order chi connectivity index (χ0) is 19.4. The molecule has 3 N–H and O–H groups in total. The van der Waals surface area contributed by atoms with E-state index in [1.807, 2.05) is 18.4 Å². The van der Waals surface area contributed by atoms with E-state index in [-0.39, 0.29) is 0 Å². The molecule has 3 rings (SSSR count). The third-order valence-corrected chi connectivity index (χ3v) is 6.33. The van der Waals surface area contributed by atoms with E-state index in [4.69, 9.17) is 10.5 Å². The molecule has 0 atom stereocenters. The van der Waals surface area contributed by atoms with Gasteiger partial charge in [-0.25, -0.2) is 4.79 Å². The summed E-state index contributed by atoms with van der Waals surface area (Å²) in [6, 6.07) is 7.05. The average molecular weight is 405 g/mol. The van der Waals surface area contributed by atoms with Gasteiger partial charge in [0, 0.05) is 9.77 Å². The van der Waals surface area contributed by atoms with Crippen LogP contribution in [-0.4, -0.2) is 30.6 Å². The predicted octanol–water partition coefficient (Wildman–Crippen LogP) is 3.24. The molecule has 1 aromatic carbocycles. The van der Waals surface area contributed by atoms with E-state index in [9.17, 15) is 14.4 Å². The topological polar surface area (TPSA) is 98.5 Å². The van der Waals surface area contributed by atoms with Crippen LogP contribution in [0.25, 0.3) is 0 Å². The van der Waals surface area contributed by atoms with Gasteiger partial charge in [0.1, 0.15) is 5.00 Å². The van der Waals surface area contributed by atoms with E-state index in [1.165, 1.54) is 23.1 Å². The van der Waals surface area contributed by atoms with Crippen molar-refractivity contribution in [3.63, 3.8) is 0 Å². The Labute approximate surface area is 165 Å². The lowest BCUT2D eigenvalue weighted by Gasteiger charge is -2.11. The van der Waals surface area contributed by atoms with Gasteiger partial charge in [0.25, 0.3) is 11.8 Å². The van der Waals surface area contributed by atoms with Gasteiger partial charge in [0.05, 0.1) is 11.1 Å². The number of hydrogen-bond donors (Lipinski definition) is 2. The van der Waals surface area contributed by atoms with E-state index in [0.29, 0.717) is 16.1 Å². The lowest BCUT2D eigenvalue weighted by molar-refractivity contribution is -0.119. The van der Waals surface area contributed by atoms with Crippen LogP contribution in [0.15, 0.2) is 29.2 Å². The van der Waals surface area contributed by atoms with Crippen molar-refractivity contribution >= 4 is 45.9 Å². The van der Waals surface area contributed by atoms with Crippen molar-refractivity contribution in [1.29, 1.82) is 0 Å². The molecule has 0 spiro atoms. The number of thiophene rings is 1. The minimum Gasteiger partial charge on any atom is -0.452 e. The second-order valence-corrected chi connectivity index (χ2v) is 8.06. The van der Waals surface area contributed by atoms with Crippen molar-refractivity contribution < 1.29 is 19.1 Å². The fourth-order valence-electron chi connectivity index (χ4n) is 3.10. The van der Waals surface area contributed by atoms with Crippen LogP contribution in [-0.2, 0) is 22.4 Å². The number of fused-ring (bicyclic) bond motifs is 1. The Hall–Kier alpha value is -2.32. The number of ether oxygens (including phenoxy) is 1. The van der Waals surface area contributed by atoms with Crippen molar-refractivity contribution in [3.8, 4) is 0 Å². The summed E-state index contributed by atoms with van der Waals surface area (Å²) in [5.74, 6) is -1.60. The number of carbonyl (C=O) groups is 3. The Morgan fingerprint density at radius 3 is 2.70 bits per heavy atom. The van der Waals surface area contributed by atoms with Crippen LogP contribution in [0, 0.1) is 0 Å². The molecule has 8 heteroatoms. The van der Waals surface area contributed by atoms with Crippen LogP contribution >= 0.6 is 23.1 Å². The summed E-state index contributed by atoms with van der Waals surface area (Å²) in [6.07, 6.45) is 5.61. The second kappa shape index (κ2) is 8.58. The van der Waals surface area contributed by atoms with Crippen LogP contribution in [0.5, 0.6) is 0 Å². The minimum atomic E-state index is -0.560. The van der Waals surface area contributed by atoms with Gasteiger partial charge in [-0.15, -0.1) is 23.1 Å². The maximum atomic E-state index is 12.3. The predicted molar refractivity (Wildman–Crippen MR) is 107 cm³/mol. The number of hydrogen-bond acceptors (Lipinski definition) is 6. The summed E-state index contributed by atoms with van der Waals surface area (Å²) in [7, 11) is 0. The van der Waals surface area contributed by atoms with E-state index in [2.05, 4.69) is 5.32 Å². The molecule has 0 saturated heterocycles. The van der Waals surface area contributed by atoms with Crippen molar-refractivity contribution in [3.05, 3.63) is 45.8 Å². The first-order chi connectivity index (χ1) is 13.0. The second-order valence-electron chi connectivity index (χ2n) is 6.10. The van der Waals surface area contributed by atoms with Gasteiger partial charge in [-0.05, 0) is 49.6 Å². The van der Waals surface area contributed by atoms with Gasteiger partial charge in [-0.3, -0.25) is 9.59 Å². The number of benzene rings is 1. The van der Waals surface area contributed by atoms with Crippen LogP contribution in [0.2, 0.25) is 0 Å². The Morgan fingerprint density at radius 1 is 1.22 bits per heavy atom. The van der Waals surface area contributed by atoms with Gasteiger partial charge in [-0.1, -0.05) is 12.1 Å². The number of primary amides is 1. The molecule has 1 aromatic heterocycles. The zero-order valence-corrected chi connectivity index (χ0v) is 16.5. The lowest BCUT2D eigenvalue weighted by Crippen LogP contribution is -2.23. The number of rotatable bonds is 6. The summed E-state index contributed by atoms with van der Waals surface area (Å²) < 4.78 is 5.13. The molecular weight excluding hydrogens is 384 g/mol. The van der Waals surface area contributed by atoms with Gasteiger partial charge in [0.2, 0.25) is 0 Å². The molecule has 0 saturated carbocycles. The molecule has 0 unspecified atom stereocenters. The fraction of sp³-hybridized carbons (Fsp3) is 0.316. The molecule has 0 bridgehead atoms. The number of anilines is 1. The third-order valence-electron chi connectivity index (χ3n) is 4.33. The van der Waals surface area contributed by atoms with Crippen molar-refractivity contribution in [2.75, 3.05) is 18.2 Å². The smallest absolute Gasteiger partial charge is 0.339 e. The minimum absolute atomic E-state index is 0.391. The highest BCUT2D eigenvalue weighted by molar-refractivity contribution is 7.98. The first-order valence-electron chi connectivity index (χ1n) is 8.55. The fourth-order valence-corrected chi connectivity index (χ4v) is 5.00. The monoisotopic (exact) mass is 404 g/mol. The van der Waals surface area contributed by atoms with Gasteiger partial charge >= 0.3 is 5.97 Å². The summed E-state index contributed by atoms with van der Waals surface area (Å²) in [5, 5.41) is 3.13. The normalized spacial score (nSPS) is 12.9. The first kappa shape index (κ1) is 19.4. The molecule has 1 aliphatic rings. The van der Waals surface area contributed by atoms with Crippen LogP contribution < -0.4 is 11.1 Å². The van der Waals surface area contributed by atoms with E-state index < -0.39 is 24.4 Å². The number of nitrogens with two attached hydrogens (primary N) is 1. The molecular formula is C19H20N2O4S2. The first-order valence-corrected chi connectivity index (χ1v) is 10.6. The Morgan fingerprint density at radius 2 is 1.96 bits per heavy atom. The number of esters is 1. The molecule has 27 heavy (non-hydrogen) atoms. The van der Waals surface area contributed by atoms with Gasteiger partial charge < -0.3 is 15.8 Å². The number of aryl methyl sites for hydroxylation is 1. The number of carbonyl (C=O) groups excluding carboxylic acids is 3. The molecule has 1 heterocycles. The van der Waals surface area contributed by atoms with Gasteiger partial charge in [-0.2, -0.15) is 0 Å². The standard InChI is InChI=1S/C19H20N2O4S2/c1-26-13-8-4-3-7-12(13)19(24)25-10-15(22)21-18-16(17(20)23)11-6-2-5-9-14(11)27-18/h3-4,7-8H,2,5-6,9-10H2,1H3,(H2,20,23)(H,21,22). The lowest BCUT2D eigenvalue weighted by atomic mass is 9.95. The largest absolute Gasteiger partial charge is 0.452 e. The van der Waals surface area contributed by atoms with Gasteiger partial charge in [0.15, 0.2) is 6.61 Å². The van der Waals surface area contributed by atoms with Crippen LogP contribution in [0.1, 0.15) is 44.0 Å². The summed E-state index contributed by atoms with van der Waals surface area (Å²) in [5.41, 5.74) is 7.27. The molecule has 1 aliphatic carbocycles. The number of amides is 2. The third kappa shape index (κ3) is 4.33. The van der Waals surface area contributed by atoms with Crippen molar-refractivity contribution in [2.45, 2.75) is 30.6 Å². The highest BCUT2D eigenvalue weighted by Crippen LogP contribution is 2.37. The molecule has 0 radical (unpaired) electrons. The molecule has 6 nitrogen and oxygen atoms in total. The Kier molecular flexibility index (Phi) is 6.18. The molecule has 142 valence electrons. The van der Waals surface area contributed by atoms with Crippen molar-refractivity contribution in [1.82, 2.24) is 0 Å². The summed E-state index contributed by atoms with van der Waals surface area (Å²) >= 11 is 2.81. The number of nitrogens with one attached hydrogen (secondary N) is 1. The van der Waals surface area contributed by atoms with Crippen molar-refractivity contribution in [2.24, 2.45) is 5.73 Å². The van der Waals surface area contributed by atoms with Crippen LogP contribution in [0.3, 0.4) is 0 Å². The van der Waals surface area contributed by atoms with E-state index in [0.717, 1.165) is 41.0 Å². The Bertz CT molecular complexity index is 892. The van der Waals surface area contributed by atoms with E-state index >= 15 is 0 Å². The SMILES string of the molecule is CSc1ccccc1C(=O)OCC(=O)Nc1sc2c(c1C(N)=O)CCCC2. The molecule has 0 aliphatic heterocycles. The zero-order valence-electron chi connectivity index (χ0n) is 14.9. The quantitative estimate of drug-likeness (QED) is 0.569. The highest BCUT2D eigenvalue weighted by Gasteiger charge is 2.25. The number of thioether (sulfide) groups is 1.